The van der Waals surface area contributed by atoms with Gasteiger partial charge in [-0.2, -0.15) is 0 Å². The molecule has 134 valence electrons. The summed E-state index contributed by atoms with van der Waals surface area (Å²) in [4.78, 5) is 36.0. The number of Topliss-reactive ketones (excluding diaryl/α,β-unsaturated/α-hetero) is 1. The minimum atomic E-state index is -3.06. The molecule has 1 heterocycles. The van der Waals surface area contributed by atoms with E-state index in [4.69, 9.17) is 4.74 Å². The van der Waals surface area contributed by atoms with Gasteiger partial charge in [-0.25, -0.2) is 8.42 Å². The fourth-order valence-corrected chi connectivity index (χ4v) is 5.78. The van der Waals surface area contributed by atoms with Gasteiger partial charge in [0.2, 0.25) is 0 Å². The van der Waals surface area contributed by atoms with Crippen molar-refractivity contribution in [3.63, 3.8) is 0 Å². The van der Waals surface area contributed by atoms with E-state index in [9.17, 15) is 22.8 Å². The van der Waals surface area contributed by atoms with Crippen LogP contribution in [0.3, 0.4) is 0 Å². The van der Waals surface area contributed by atoms with Crippen LogP contribution in [0.4, 0.5) is 0 Å². The van der Waals surface area contributed by atoms with E-state index < -0.39 is 34.4 Å². The average molecular weight is 357 g/mol. The van der Waals surface area contributed by atoms with Crippen molar-refractivity contribution < 1.29 is 27.5 Å². The number of hydrogen-bond donors (Lipinski definition) is 1. The van der Waals surface area contributed by atoms with Crippen LogP contribution in [-0.4, -0.2) is 50.2 Å². The lowest BCUT2D eigenvalue weighted by Gasteiger charge is -2.36. The van der Waals surface area contributed by atoms with E-state index in [1.54, 1.807) is 0 Å². The molecule has 2 aliphatic carbocycles. The van der Waals surface area contributed by atoms with Crippen molar-refractivity contribution in [2.24, 2.45) is 17.8 Å². The number of ketones is 1. The molecular weight excluding hydrogens is 334 g/mol. The summed E-state index contributed by atoms with van der Waals surface area (Å²) in [6.07, 6.45) is 4.17. The zero-order valence-electron chi connectivity index (χ0n) is 13.5. The molecule has 4 atom stereocenters. The number of carbonyl (C=O) groups is 3. The summed E-state index contributed by atoms with van der Waals surface area (Å²) in [6, 6.07) is -0.395. The smallest absolute Gasteiger partial charge is 0.309 e. The number of rotatable bonds is 4. The zero-order chi connectivity index (χ0) is 17.3. The predicted octanol–water partition coefficient (Wildman–Crippen LogP) is 0.228. The predicted molar refractivity (Wildman–Crippen MR) is 84.7 cm³/mol. The third-order valence-corrected chi connectivity index (χ3v) is 7.09. The van der Waals surface area contributed by atoms with Gasteiger partial charge in [0.05, 0.1) is 17.4 Å². The minimum absolute atomic E-state index is 0.0347. The number of ether oxygens (including phenoxy) is 1. The molecule has 0 aromatic carbocycles. The van der Waals surface area contributed by atoms with Gasteiger partial charge < -0.3 is 10.1 Å². The first-order valence-corrected chi connectivity index (χ1v) is 10.4. The lowest BCUT2D eigenvalue weighted by atomic mass is 9.67. The summed E-state index contributed by atoms with van der Waals surface area (Å²) >= 11 is 0. The van der Waals surface area contributed by atoms with E-state index >= 15 is 0 Å². The second-order valence-corrected chi connectivity index (χ2v) is 9.40. The number of fused-ring (bicyclic) bond motifs is 2. The van der Waals surface area contributed by atoms with Crippen LogP contribution in [0, 0.1) is 17.8 Å². The molecule has 0 radical (unpaired) electrons. The summed E-state index contributed by atoms with van der Waals surface area (Å²) in [5, 5.41) is 2.59. The number of hydrogen-bond acceptors (Lipinski definition) is 6. The SMILES string of the molecule is O=C(COC(=O)C1C[C@H]2CCC[C@@H](C1)C2=O)N[C@@H]1CCS(=O)(=O)C1. The van der Waals surface area contributed by atoms with Crippen molar-refractivity contribution in [3.8, 4) is 0 Å². The second-order valence-electron chi connectivity index (χ2n) is 7.17. The summed E-state index contributed by atoms with van der Waals surface area (Å²) < 4.78 is 27.8. The molecule has 1 aliphatic heterocycles. The van der Waals surface area contributed by atoms with Crippen LogP contribution in [-0.2, 0) is 29.0 Å². The Morgan fingerprint density at radius 3 is 2.38 bits per heavy atom. The fraction of sp³-hybridized carbons (Fsp3) is 0.812. The number of amides is 1. The lowest BCUT2D eigenvalue weighted by molar-refractivity contribution is -0.156. The molecule has 3 aliphatic rings. The van der Waals surface area contributed by atoms with E-state index in [0.29, 0.717) is 19.3 Å². The van der Waals surface area contributed by atoms with E-state index in [1.807, 2.05) is 0 Å². The van der Waals surface area contributed by atoms with Crippen LogP contribution < -0.4 is 5.32 Å². The topological polar surface area (TPSA) is 107 Å². The molecule has 0 spiro atoms. The Hall–Kier alpha value is -1.44. The highest BCUT2D eigenvalue weighted by atomic mass is 32.2. The quantitative estimate of drug-likeness (QED) is 0.722. The maximum Gasteiger partial charge on any atom is 0.309 e. The molecule has 1 saturated heterocycles. The Morgan fingerprint density at radius 2 is 1.79 bits per heavy atom. The van der Waals surface area contributed by atoms with Crippen LogP contribution in [0.5, 0.6) is 0 Å². The Bertz CT molecular complexity index is 627. The first-order valence-electron chi connectivity index (χ1n) is 8.54. The normalized spacial score (nSPS) is 34.6. The van der Waals surface area contributed by atoms with E-state index in [0.717, 1.165) is 19.3 Å². The number of esters is 1. The number of carbonyl (C=O) groups excluding carboxylic acids is 3. The molecule has 2 bridgehead atoms. The van der Waals surface area contributed by atoms with Gasteiger partial charge in [0.1, 0.15) is 5.78 Å². The maximum atomic E-state index is 12.2. The van der Waals surface area contributed by atoms with Crippen molar-refractivity contribution >= 4 is 27.5 Å². The molecule has 3 rings (SSSR count). The molecule has 3 fully saturated rings. The number of nitrogens with one attached hydrogen (secondary N) is 1. The van der Waals surface area contributed by atoms with Crippen LogP contribution >= 0.6 is 0 Å². The van der Waals surface area contributed by atoms with Crippen molar-refractivity contribution in [2.75, 3.05) is 18.1 Å². The van der Waals surface area contributed by atoms with Crippen LogP contribution in [0.25, 0.3) is 0 Å². The van der Waals surface area contributed by atoms with E-state index in [2.05, 4.69) is 5.32 Å². The molecule has 0 aromatic heterocycles. The van der Waals surface area contributed by atoms with Crippen LogP contribution in [0.15, 0.2) is 0 Å². The van der Waals surface area contributed by atoms with Gasteiger partial charge in [0.15, 0.2) is 16.4 Å². The molecule has 1 unspecified atom stereocenters. The van der Waals surface area contributed by atoms with E-state index in [-0.39, 0.29) is 35.0 Å². The highest BCUT2D eigenvalue weighted by molar-refractivity contribution is 7.91. The summed E-state index contributed by atoms with van der Waals surface area (Å²) in [5.41, 5.74) is 0. The molecule has 1 amide bonds. The highest BCUT2D eigenvalue weighted by Crippen LogP contribution is 2.40. The van der Waals surface area contributed by atoms with Crippen molar-refractivity contribution in [1.82, 2.24) is 5.32 Å². The molecule has 1 N–H and O–H groups in total. The summed E-state index contributed by atoms with van der Waals surface area (Å²) in [7, 11) is -3.06. The molecule has 7 nitrogen and oxygen atoms in total. The van der Waals surface area contributed by atoms with E-state index in [1.165, 1.54) is 0 Å². The minimum Gasteiger partial charge on any atom is -0.455 e. The van der Waals surface area contributed by atoms with Gasteiger partial charge in [0.25, 0.3) is 5.91 Å². The second kappa shape index (κ2) is 6.82. The first kappa shape index (κ1) is 17.4. The number of sulfone groups is 1. The van der Waals surface area contributed by atoms with Gasteiger partial charge in [-0.05, 0) is 32.1 Å². The summed E-state index contributed by atoms with van der Waals surface area (Å²) in [6.45, 7) is -0.394. The molecule has 8 heteroatoms. The Balaban J connectivity index is 1.44. The standard InChI is InChI=1S/C16H23NO6S/c18-14(17-13-4-5-24(21,22)9-13)8-23-16(20)12-6-10-2-1-3-11(7-12)15(10)19/h10-13H,1-9H2,(H,17,18)/t10-,11+,12?,13-/m1/s1. The fourth-order valence-electron chi connectivity index (χ4n) is 4.10. The van der Waals surface area contributed by atoms with Crippen molar-refractivity contribution in [2.45, 2.75) is 44.6 Å². The Kier molecular flexibility index (Phi) is 4.94. The van der Waals surface area contributed by atoms with Gasteiger partial charge in [-0.3, -0.25) is 14.4 Å². The molecule has 24 heavy (non-hydrogen) atoms. The van der Waals surface area contributed by atoms with Crippen LogP contribution in [0.2, 0.25) is 0 Å². The molecular formula is C16H23NO6S. The molecule has 0 aromatic rings. The lowest BCUT2D eigenvalue weighted by Crippen LogP contribution is -2.41. The van der Waals surface area contributed by atoms with Gasteiger partial charge in [-0.1, -0.05) is 6.42 Å². The third-order valence-electron chi connectivity index (χ3n) is 5.32. The van der Waals surface area contributed by atoms with Gasteiger partial charge >= 0.3 is 5.97 Å². The summed E-state index contributed by atoms with van der Waals surface area (Å²) in [5.74, 6) is -0.966. The largest absolute Gasteiger partial charge is 0.455 e. The Labute approximate surface area is 141 Å². The van der Waals surface area contributed by atoms with Gasteiger partial charge in [0, 0.05) is 17.9 Å². The molecule has 2 saturated carbocycles. The van der Waals surface area contributed by atoms with Crippen LogP contribution in [0.1, 0.15) is 38.5 Å². The Morgan fingerprint density at radius 1 is 1.12 bits per heavy atom. The first-order chi connectivity index (χ1) is 11.3. The van der Waals surface area contributed by atoms with Crippen molar-refractivity contribution in [1.29, 1.82) is 0 Å². The monoisotopic (exact) mass is 357 g/mol. The highest BCUT2D eigenvalue weighted by Gasteiger charge is 2.42. The maximum absolute atomic E-state index is 12.2. The zero-order valence-corrected chi connectivity index (χ0v) is 14.3. The third kappa shape index (κ3) is 3.96. The van der Waals surface area contributed by atoms with Crippen molar-refractivity contribution in [3.05, 3.63) is 0 Å². The van der Waals surface area contributed by atoms with Gasteiger partial charge in [-0.15, -0.1) is 0 Å². The average Bonchev–Trinajstić information content (AvgIpc) is 2.83.